The van der Waals surface area contributed by atoms with Crippen LogP contribution in [0, 0.1) is 13.8 Å². The molecule has 7 aromatic carbocycles. The number of hydrogen-bond donors (Lipinski definition) is 0. The van der Waals surface area contributed by atoms with Gasteiger partial charge in [-0.05, 0) is 110 Å². The van der Waals surface area contributed by atoms with Gasteiger partial charge >= 0.3 is 0 Å². The van der Waals surface area contributed by atoms with Gasteiger partial charge in [-0.2, -0.15) is 0 Å². The standard InChI is InChI=1S/C45H32S/c1-28-25-38-33-20-10-9-19-32(33)26-39(38)42(29(28)2)34-21-11-12-22-35(34)44-37(30-15-5-3-6-16-30)27-41-45(36-23-13-14-24-40(36)46-41)43(44)31-17-7-4-8-18-31/h3-25,27H,26H2,1-2H3. The molecule has 0 saturated carbocycles. The second-order valence-electron chi connectivity index (χ2n) is 12.5. The van der Waals surface area contributed by atoms with Crippen LogP contribution in [0.4, 0.5) is 0 Å². The Hall–Kier alpha value is -5.24. The van der Waals surface area contributed by atoms with Crippen molar-refractivity contribution in [3.8, 4) is 55.6 Å². The summed E-state index contributed by atoms with van der Waals surface area (Å²) < 4.78 is 2.65. The molecule has 1 heterocycles. The summed E-state index contributed by atoms with van der Waals surface area (Å²) in [6.45, 7) is 4.59. The second-order valence-corrected chi connectivity index (χ2v) is 13.6. The van der Waals surface area contributed by atoms with E-state index in [9.17, 15) is 0 Å². The number of benzene rings is 7. The molecule has 218 valence electrons. The maximum Gasteiger partial charge on any atom is 0.0368 e. The fraction of sp³-hybridized carbons (Fsp3) is 0.0667. The van der Waals surface area contributed by atoms with Gasteiger partial charge < -0.3 is 0 Å². The maximum absolute atomic E-state index is 2.46. The smallest absolute Gasteiger partial charge is 0.0368 e. The van der Waals surface area contributed by atoms with Gasteiger partial charge in [0.25, 0.3) is 0 Å². The molecule has 0 bridgehead atoms. The lowest BCUT2D eigenvalue weighted by Gasteiger charge is -2.23. The third-order valence-corrected chi connectivity index (χ3v) is 11.0. The van der Waals surface area contributed by atoms with Crippen LogP contribution in [-0.2, 0) is 6.42 Å². The first kappa shape index (κ1) is 27.1. The average Bonchev–Trinajstić information content (AvgIpc) is 3.67. The minimum atomic E-state index is 0.960. The predicted molar refractivity (Wildman–Crippen MR) is 199 cm³/mol. The van der Waals surface area contributed by atoms with E-state index < -0.39 is 0 Å². The van der Waals surface area contributed by atoms with Gasteiger partial charge in [0.05, 0.1) is 0 Å². The molecule has 0 fully saturated rings. The summed E-state index contributed by atoms with van der Waals surface area (Å²) in [6.07, 6.45) is 0.960. The van der Waals surface area contributed by atoms with Crippen molar-refractivity contribution in [1.29, 1.82) is 0 Å². The van der Waals surface area contributed by atoms with E-state index in [1.807, 2.05) is 11.3 Å². The Kier molecular flexibility index (Phi) is 6.30. The van der Waals surface area contributed by atoms with E-state index in [4.69, 9.17) is 0 Å². The Morgan fingerprint density at radius 3 is 1.83 bits per heavy atom. The van der Waals surface area contributed by atoms with Crippen LogP contribution in [-0.4, -0.2) is 0 Å². The fourth-order valence-electron chi connectivity index (χ4n) is 7.71. The highest BCUT2D eigenvalue weighted by atomic mass is 32.1. The minimum Gasteiger partial charge on any atom is -0.135 e. The summed E-state index contributed by atoms with van der Waals surface area (Å²) in [5.74, 6) is 0. The number of fused-ring (bicyclic) bond motifs is 6. The summed E-state index contributed by atoms with van der Waals surface area (Å²) in [6, 6.07) is 53.9. The van der Waals surface area contributed by atoms with Crippen molar-refractivity contribution < 1.29 is 0 Å². The molecule has 0 saturated heterocycles. The molecule has 0 nitrogen and oxygen atoms in total. The molecule has 0 atom stereocenters. The lowest BCUT2D eigenvalue weighted by Crippen LogP contribution is -1.99. The molecule has 8 aromatic rings. The molecule has 0 radical (unpaired) electrons. The minimum absolute atomic E-state index is 0.960. The van der Waals surface area contributed by atoms with Gasteiger partial charge in [-0.3, -0.25) is 0 Å². The van der Waals surface area contributed by atoms with Gasteiger partial charge in [0, 0.05) is 20.2 Å². The average molecular weight is 605 g/mol. The molecule has 1 aliphatic rings. The van der Waals surface area contributed by atoms with Crippen molar-refractivity contribution in [3.05, 3.63) is 168 Å². The van der Waals surface area contributed by atoms with Gasteiger partial charge in [-0.25, -0.2) is 0 Å². The molecule has 0 aliphatic heterocycles. The first-order valence-electron chi connectivity index (χ1n) is 16.1. The quantitative estimate of drug-likeness (QED) is 0.187. The number of hydrogen-bond acceptors (Lipinski definition) is 1. The van der Waals surface area contributed by atoms with E-state index in [1.165, 1.54) is 98.1 Å². The Morgan fingerprint density at radius 2 is 1.07 bits per heavy atom. The van der Waals surface area contributed by atoms with Crippen LogP contribution in [0.5, 0.6) is 0 Å². The maximum atomic E-state index is 2.46. The zero-order chi connectivity index (χ0) is 30.8. The lowest BCUT2D eigenvalue weighted by atomic mass is 9.80. The van der Waals surface area contributed by atoms with Crippen molar-refractivity contribution in [3.63, 3.8) is 0 Å². The van der Waals surface area contributed by atoms with Crippen LogP contribution in [0.15, 0.2) is 146 Å². The zero-order valence-electron chi connectivity index (χ0n) is 26.0. The highest BCUT2D eigenvalue weighted by Gasteiger charge is 2.28. The zero-order valence-corrected chi connectivity index (χ0v) is 26.8. The van der Waals surface area contributed by atoms with Gasteiger partial charge in [-0.15, -0.1) is 11.3 Å². The van der Waals surface area contributed by atoms with Crippen molar-refractivity contribution >= 4 is 31.5 Å². The number of aryl methyl sites for hydroxylation is 1. The SMILES string of the molecule is Cc1cc2c(c(-c3ccccc3-c3c(-c4ccccc4)cc4sc5ccccc5c4c3-c3ccccc3)c1C)Cc1ccccc1-2. The van der Waals surface area contributed by atoms with Crippen LogP contribution in [0.2, 0.25) is 0 Å². The number of thiophene rings is 1. The number of rotatable bonds is 4. The molecule has 0 N–H and O–H groups in total. The second kappa shape index (κ2) is 10.7. The Balaban J connectivity index is 1.45. The third kappa shape index (κ3) is 4.12. The van der Waals surface area contributed by atoms with Crippen molar-refractivity contribution in [2.75, 3.05) is 0 Å². The molecule has 1 aromatic heterocycles. The molecular formula is C45H32S. The van der Waals surface area contributed by atoms with Crippen molar-refractivity contribution in [2.45, 2.75) is 20.3 Å². The highest BCUT2D eigenvalue weighted by molar-refractivity contribution is 7.26. The fourth-order valence-corrected chi connectivity index (χ4v) is 8.87. The third-order valence-electron chi connectivity index (χ3n) is 9.91. The van der Waals surface area contributed by atoms with E-state index in [2.05, 4.69) is 159 Å². The summed E-state index contributed by atoms with van der Waals surface area (Å²) in [7, 11) is 0. The summed E-state index contributed by atoms with van der Waals surface area (Å²) in [5.41, 5.74) is 18.7. The van der Waals surface area contributed by atoms with Crippen molar-refractivity contribution in [2.24, 2.45) is 0 Å². The Morgan fingerprint density at radius 1 is 0.457 bits per heavy atom. The Labute approximate surface area is 274 Å². The molecule has 0 amide bonds. The molecule has 0 unspecified atom stereocenters. The van der Waals surface area contributed by atoms with E-state index in [1.54, 1.807) is 0 Å². The summed E-state index contributed by atoms with van der Waals surface area (Å²) >= 11 is 1.90. The van der Waals surface area contributed by atoms with Gasteiger partial charge in [-0.1, -0.05) is 133 Å². The van der Waals surface area contributed by atoms with Crippen LogP contribution in [0.3, 0.4) is 0 Å². The molecule has 1 aliphatic carbocycles. The van der Waals surface area contributed by atoms with Gasteiger partial charge in [0.2, 0.25) is 0 Å². The topological polar surface area (TPSA) is 0 Å². The van der Waals surface area contributed by atoms with Crippen LogP contribution < -0.4 is 0 Å². The molecule has 1 heteroatoms. The van der Waals surface area contributed by atoms with Gasteiger partial charge in [0.1, 0.15) is 0 Å². The summed E-state index contributed by atoms with van der Waals surface area (Å²) in [5, 5.41) is 2.66. The monoisotopic (exact) mass is 604 g/mol. The first-order valence-corrected chi connectivity index (χ1v) is 16.9. The highest BCUT2D eigenvalue weighted by Crippen LogP contribution is 2.53. The molecule has 46 heavy (non-hydrogen) atoms. The van der Waals surface area contributed by atoms with Crippen molar-refractivity contribution in [1.82, 2.24) is 0 Å². The lowest BCUT2D eigenvalue weighted by molar-refractivity contribution is 1.23. The Bertz CT molecular complexity index is 2440. The van der Waals surface area contributed by atoms with Crippen LogP contribution >= 0.6 is 11.3 Å². The van der Waals surface area contributed by atoms with Crippen LogP contribution in [0.25, 0.3) is 75.8 Å². The largest absolute Gasteiger partial charge is 0.135 e. The molecule has 9 rings (SSSR count). The van der Waals surface area contributed by atoms with E-state index in [0.29, 0.717) is 0 Å². The van der Waals surface area contributed by atoms with E-state index >= 15 is 0 Å². The first-order chi connectivity index (χ1) is 22.7. The normalized spacial score (nSPS) is 12.0. The van der Waals surface area contributed by atoms with Crippen LogP contribution in [0.1, 0.15) is 22.3 Å². The van der Waals surface area contributed by atoms with Gasteiger partial charge in [0.15, 0.2) is 0 Å². The molecule has 0 spiro atoms. The predicted octanol–water partition coefficient (Wildman–Crippen LogP) is 12.9. The van der Waals surface area contributed by atoms with E-state index in [0.717, 1.165) is 6.42 Å². The van der Waals surface area contributed by atoms with E-state index in [-0.39, 0.29) is 0 Å². The molecular weight excluding hydrogens is 573 g/mol. The summed E-state index contributed by atoms with van der Waals surface area (Å²) in [4.78, 5) is 0.